The molecule has 40 heavy (non-hydrogen) atoms. The van der Waals surface area contributed by atoms with Crippen molar-refractivity contribution < 1.29 is 46.1 Å². The van der Waals surface area contributed by atoms with E-state index < -0.39 is 59.0 Å². The Kier molecular flexibility index (Phi) is 7.01. The molecule has 0 saturated carbocycles. The zero-order valence-electron chi connectivity index (χ0n) is 20.4. The van der Waals surface area contributed by atoms with Gasteiger partial charge in [-0.15, -0.1) is 0 Å². The number of halogens is 5. The molecule has 0 radical (unpaired) electrons. The summed E-state index contributed by atoms with van der Waals surface area (Å²) in [6.45, 7) is 0.0231. The van der Waals surface area contributed by atoms with Gasteiger partial charge in [0.2, 0.25) is 0 Å². The maximum atomic E-state index is 14.3. The topological polar surface area (TPSA) is 97.8 Å². The number of carboxylic acids is 1. The first-order valence-corrected chi connectivity index (χ1v) is 11.9. The number of amides is 1. The summed E-state index contributed by atoms with van der Waals surface area (Å²) in [7, 11) is 0. The number of fused-ring (bicyclic) bond motifs is 2. The molecule has 1 aliphatic rings. The molecule has 1 unspecified atom stereocenters. The summed E-state index contributed by atoms with van der Waals surface area (Å²) in [4.78, 5) is 28.6. The van der Waals surface area contributed by atoms with Crippen LogP contribution in [0.4, 0.5) is 22.0 Å². The first-order chi connectivity index (χ1) is 19.1. The Morgan fingerprint density at radius 2 is 1.62 bits per heavy atom. The molecule has 0 saturated heterocycles. The van der Waals surface area contributed by atoms with Crippen molar-refractivity contribution in [2.24, 2.45) is 0 Å². The highest BCUT2D eigenvalue weighted by Gasteiger charge is 2.38. The van der Waals surface area contributed by atoms with Crippen LogP contribution in [0.25, 0.3) is 22.0 Å². The van der Waals surface area contributed by atoms with Crippen LogP contribution in [-0.2, 0) is 17.4 Å². The molecule has 4 aromatic rings. The second kappa shape index (κ2) is 10.4. The molecular weight excluding hydrogens is 539 g/mol. The summed E-state index contributed by atoms with van der Waals surface area (Å²) in [5, 5.41) is 12.0. The van der Waals surface area contributed by atoms with Gasteiger partial charge in [0, 0.05) is 29.1 Å². The Morgan fingerprint density at radius 1 is 0.950 bits per heavy atom. The molecule has 1 atom stereocenters. The number of carboxylic acid groups (broad SMARTS) is 1. The van der Waals surface area contributed by atoms with E-state index in [0.29, 0.717) is 0 Å². The number of carbonyl (C=O) groups is 2. The molecule has 0 bridgehead atoms. The van der Waals surface area contributed by atoms with Gasteiger partial charge >= 0.3 is 12.1 Å². The van der Waals surface area contributed by atoms with Crippen molar-refractivity contribution in [3.63, 3.8) is 0 Å². The second-order valence-corrected chi connectivity index (χ2v) is 8.86. The van der Waals surface area contributed by atoms with Crippen LogP contribution in [0.1, 0.15) is 21.5 Å². The molecule has 3 aromatic carbocycles. The average molecular weight is 558 g/mol. The fourth-order valence-corrected chi connectivity index (χ4v) is 4.56. The number of aromatic nitrogens is 1. The zero-order chi connectivity index (χ0) is 28.6. The van der Waals surface area contributed by atoms with E-state index in [1.54, 1.807) is 6.07 Å². The van der Waals surface area contributed by atoms with Crippen molar-refractivity contribution in [2.45, 2.75) is 18.6 Å². The molecule has 7 nitrogen and oxygen atoms in total. The van der Waals surface area contributed by atoms with Gasteiger partial charge in [-0.25, -0.2) is 13.6 Å². The van der Waals surface area contributed by atoms with Crippen LogP contribution in [0.15, 0.2) is 60.8 Å². The number of hydrogen-bond acceptors (Lipinski definition) is 5. The number of nitrogens with one attached hydrogen (secondary N) is 1. The Morgan fingerprint density at radius 3 is 2.30 bits per heavy atom. The van der Waals surface area contributed by atoms with Crippen molar-refractivity contribution in [3.05, 3.63) is 89.1 Å². The summed E-state index contributed by atoms with van der Waals surface area (Å²) in [6.07, 6.45) is -3.90. The molecule has 0 spiro atoms. The van der Waals surface area contributed by atoms with Crippen LogP contribution in [0, 0.1) is 11.6 Å². The quantitative estimate of drug-likeness (QED) is 0.308. The third kappa shape index (κ3) is 4.99. The SMILES string of the molecule is O=C(NC(Cc1ccc(-c2ncc3ccccc3c2C(F)(F)F)c2c1OCCO2)C(=O)O)c1c(F)cccc1F. The fraction of sp³-hybridized carbons (Fsp3) is 0.179. The molecule has 12 heteroatoms. The van der Waals surface area contributed by atoms with Crippen LogP contribution < -0.4 is 14.8 Å². The van der Waals surface area contributed by atoms with Gasteiger partial charge in [0.25, 0.3) is 5.91 Å². The van der Waals surface area contributed by atoms with Gasteiger partial charge in [-0.05, 0) is 23.6 Å². The number of alkyl halides is 3. The second-order valence-electron chi connectivity index (χ2n) is 8.86. The Balaban J connectivity index is 1.56. The highest BCUT2D eigenvalue weighted by atomic mass is 19.4. The Bertz CT molecular complexity index is 1620. The monoisotopic (exact) mass is 558 g/mol. The Labute approximate surface area is 223 Å². The van der Waals surface area contributed by atoms with E-state index in [0.717, 1.165) is 18.2 Å². The standard InChI is InChI=1S/C28H19F5N2O5/c29-18-6-3-7-19(30)21(18)26(36)35-20(27(37)38)12-14-8-9-17(25-24(14)39-10-11-40-25)23-22(28(31,32)33)16-5-2-1-4-15(16)13-34-23/h1-9,13,20H,10-12H2,(H,35,36)(H,37,38). The summed E-state index contributed by atoms with van der Waals surface area (Å²) < 4.78 is 82.3. The minimum absolute atomic E-state index is 0.00401. The number of hydrogen-bond donors (Lipinski definition) is 2. The van der Waals surface area contributed by atoms with E-state index in [1.165, 1.54) is 36.5 Å². The third-order valence-electron chi connectivity index (χ3n) is 6.33. The molecule has 2 heterocycles. The lowest BCUT2D eigenvalue weighted by Gasteiger charge is -2.26. The molecule has 206 valence electrons. The number of nitrogens with zero attached hydrogens (tertiary/aromatic N) is 1. The number of carbonyl (C=O) groups excluding carboxylic acids is 1. The van der Waals surface area contributed by atoms with Crippen molar-refractivity contribution >= 4 is 22.6 Å². The maximum Gasteiger partial charge on any atom is 0.419 e. The van der Waals surface area contributed by atoms with E-state index in [1.807, 2.05) is 0 Å². The van der Waals surface area contributed by atoms with Gasteiger partial charge < -0.3 is 19.9 Å². The Hall–Kier alpha value is -4.74. The smallest absolute Gasteiger partial charge is 0.419 e. The van der Waals surface area contributed by atoms with Gasteiger partial charge in [-0.3, -0.25) is 9.78 Å². The first kappa shape index (κ1) is 26.9. The fourth-order valence-electron chi connectivity index (χ4n) is 4.56. The molecule has 0 aliphatic carbocycles. The van der Waals surface area contributed by atoms with E-state index in [4.69, 9.17) is 9.47 Å². The van der Waals surface area contributed by atoms with Gasteiger partial charge in [0.15, 0.2) is 11.5 Å². The van der Waals surface area contributed by atoms with E-state index >= 15 is 0 Å². The van der Waals surface area contributed by atoms with Crippen LogP contribution in [0.2, 0.25) is 0 Å². The van der Waals surface area contributed by atoms with Crippen molar-refractivity contribution in [1.82, 2.24) is 10.3 Å². The lowest BCUT2D eigenvalue weighted by Crippen LogP contribution is -2.43. The van der Waals surface area contributed by atoms with Crippen LogP contribution in [-0.4, -0.2) is 41.2 Å². The minimum atomic E-state index is -4.77. The minimum Gasteiger partial charge on any atom is -0.486 e. The lowest BCUT2D eigenvalue weighted by molar-refractivity contribution is -0.139. The maximum absolute atomic E-state index is 14.3. The summed E-state index contributed by atoms with van der Waals surface area (Å²) in [5.74, 6) is -5.26. The average Bonchev–Trinajstić information content (AvgIpc) is 2.91. The largest absolute Gasteiger partial charge is 0.486 e. The number of aliphatic carboxylic acids is 1. The van der Waals surface area contributed by atoms with E-state index in [2.05, 4.69) is 10.3 Å². The summed E-state index contributed by atoms with van der Waals surface area (Å²) in [6, 6.07) is 9.63. The molecule has 1 aromatic heterocycles. The zero-order valence-corrected chi connectivity index (χ0v) is 20.4. The molecule has 0 fully saturated rings. The van der Waals surface area contributed by atoms with Gasteiger partial charge in [-0.2, -0.15) is 13.2 Å². The highest BCUT2D eigenvalue weighted by Crippen LogP contribution is 2.47. The molecular formula is C28H19F5N2O5. The van der Waals surface area contributed by atoms with Gasteiger partial charge in [0.1, 0.15) is 36.5 Å². The number of benzene rings is 3. The van der Waals surface area contributed by atoms with Crippen LogP contribution >= 0.6 is 0 Å². The molecule has 1 aliphatic heterocycles. The molecule has 5 rings (SSSR count). The van der Waals surface area contributed by atoms with E-state index in [9.17, 15) is 36.6 Å². The number of pyridine rings is 1. The summed E-state index contributed by atoms with van der Waals surface area (Å²) >= 11 is 0. The van der Waals surface area contributed by atoms with E-state index in [-0.39, 0.29) is 46.6 Å². The van der Waals surface area contributed by atoms with Gasteiger partial charge in [-0.1, -0.05) is 36.4 Å². The molecule has 2 N–H and O–H groups in total. The highest BCUT2D eigenvalue weighted by molar-refractivity contribution is 5.97. The van der Waals surface area contributed by atoms with Crippen molar-refractivity contribution in [2.75, 3.05) is 13.2 Å². The predicted molar refractivity (Wildman–Crippen MR) is 132 cm³/mol. The summed E-state index contributed by atoms with van der Waals surface area (Å²) in [5.41, 5.74) is -2.18. The predicted octanol–water partition coefficient (Wildman–Crippen LogP) is 5.40. The normalized spacial score (nSPS) is 13.6. The lowest BCUT2D eigenvalue weighted by atomic mass is 9.95. The third-order valence-corrected chi connectivity index (χ3v) is 6.33. The number of rotatable bonds is 6. The van der Waals surface area contributed by atoms with Crippen LogP contribution in [0.3, 0.4) is 0 Å². The van der Waals surface area contributed by atoms with Crippen LogP contribution in [0.5, 0.6) is 11.5 Å². The van der Waals surface area contributed by atoms with Crippen molar-refractivity contribution in [1.29, 1.82) is 0 Å². The van der Waals surface area contributed by atoms with Crippen molar-refractivity contribution in [3.8, 4) is 22.8 Å². The first-order valence-electron chi connectivity index (χ1n) is 11.9. The van der Waals surface area contributed by atoms with Gasteiger partial charge in [0.05, 0.1) is 11.3 Å². The number of ether oxygens (including phenoxy) is 2. The molecule has 1 amide bonds.